The SMILES string of the molecule is COc1ccc2c(c1OC)C(=O)OC2NC1CCCC1. The zero-order chi connectivity index (χ0) is 14.1. The van der Waals surface area contributed by atoms with Crippen LogP contribution in [0.5, 0.6) is 11.5 Å². The molecule has 0 spiro atoms. The lowest BCUT2D eigenvalue weighted by Crippen LogP contribution is -2.30. The van der Waals surface area contributed by atoms with E-state index in [2.05, 4.69) is 5.32 Å². The Morgan fingerprint density at radius 1 is 1.20 bits per heavy atom. The van der Waals surface area contributed by atoms with E-state index in [0.29, 0.717) is 23.1 Å². The summed E-state index contributed by atoms with van der Waals surface area (Å²) in [6.45, 7) is 0. The predicted molar refractivity (Wildman–Crippen MR) is 73.1 cm³/mol. The van der Waals surface area contributed by atoms with Crippen molar-refractivity contribution in [1.82, 2.24) is 5.32 Å². The van der Waals surface area contributed by atoms with Gasteiger partial charge in [0.2, 0.25) is 0 Å². The molecule has 1 unspecified atom stereocenters. The molecule has 0 amide bonds. The van der Waals surface area contributed by atoms with Gasteiger partial charge in [0.05, 0.1) is 14.2 Å². The minimum Gasteiger partial charge on any atom is -0.493 e. The Hall–Kier alpha value is -1.75. The molecule has 1 aliphatic heterocycles. The van der Waals surface area contributed by atoms with Crippen LogP contribution < -0.4 is 14.8 Å². The van der Waals surface area contributed by atoms with Crippen LogP contribution in [0, 0.1) is 0 Å². The van der Waals surface area contributed by atoms with Gasteiger partial charge in [-0.1, -0.05) is 12.8 Å². The van der Waals surface area contributed by atoms with E-state index in [-0.39, 0.29) is 12.2 Å². The summed E-state index contributed by atoms with van der Waals surface area (Å²) in [5, 5.41) is 3.41. The number of carbonyl (C=O) groups is 1. The fourth-order valence-corrected chi connectivity index (χ4v) is 3.03. The quantitative estimate of drug-likeness (QED) is 0.856. The Morgan fingerprint density at radius 2 is 1.95 bits per heavy atom. The maximum Gasteiger partial charge on any atom is 0.344 e. The van der Waals surface area contributed by atoms with Gasteiger partial charge in [0, 0.05) is 11.6 Å². The van der Waals surface area contributed by atoms with Crippen molar-refractivity contribution in [3.05, 3.63) is 23.3 Å². The molecule has 1 fully saturated rings. The van der Waals surface area contributed by atoms with Gasteiger partial charge in [0.25, 0.3) is 0 Å². The summed E-state index contributed by atoms with van der Waals surface area (Å²) in [5.74, 6) is 0.640. The zero-order valence-electron chi connectivity index (χ0n) is 11.8. The number of nitrogens with one attached hydrogen (secondary N) is 1. The lowest BCUT2D eigenvalue weighted by molar-refractivity contribution is 0.0277. The third-order valence-electron chi connectivity index (χ3n) is 4.03. The molecule has 3 rings (SSSR count). The Labute approximate surface area is 118 Å². The summed E-state index contributed by atoms with van der Waals surface area (Å²) in [6, 6.07) is 4.10. The molecule has 2 aliphatic rings. The number of benzene rings is 1. The van der Waals surface area contributed by atoms with Gasteiger partial charge in [0.1, 0.15) is 5.56 Å². The Kier molecular flexibility index (Phi) is 3.53. The number of fused-ring (bicyclic) bond motifs is 1. The van der Waals surface area contributed by atoms with Gasteiger partial charge >= 0.3 is 5.97 Å². The van der Waals surface area contributed by atoms with Crippen molar-refractivity contribution in [3.63, 3.8) is 0 Å². The van der Waals surface area contributed by atoms with Crippen molar-refractivity contribution in [2.75, 3.05) is 14.2 Å². The second-order valence-corrected chi connectivity index (χ2v) is 5.20. The topological polar surface area (TPSA) is 56.8 Å². The number of ether oxygens (including phenoxy) is 3. The van der Waals surface area contributed by atoms with Crippen molar-refractivity contribution in [3.8, 4) is 11.5 Å². The van der Waals surface area contributed by atoms with E-state index in [4.69, 9.17) is 14.2 Å². The number of carbonyl (C=O) groups excluding carboxylic acids is 1. The molecule has 0 radical (unpaired) electrons. The molecule has 0 saturated heterocycles. The molecule has 20 heavy (non-hydrogen) atoms. The van der Waals surface area contributed by atoms with Crippen LogP contribution in [0.3, 0.4) is 0 Å². The lowest BCUT2D eigenvalue weighted by Gasteiger charge is -2.18. The van der Waals surface area contributed by atoms with Crippen LogP contribution in [0.25, 0.3) is 0 Å². The van der Waals surface area contributed by atoms with Crippen molar-refractivity contribution < 1.29 is 19.0 Å². The third-order valence-corrected chi connectivity index (χ3v) is 4.03. The van der Waals surface area contributed by atoms with Crippen molar-refractivity contribution in [2.45, 2.75) is 38.0 Å². The molecule has 1 saturated carbocycles. The molecular weight excluding hydrogens is 258 g/mol. The molecule has 5 heteroatoms. The molecular formula is C15H19NO4. The van der Waals surface area contributed by atoms with Crippen LogP contribution >= 0.6 is 0 Å². The molecule has 0 aromatic heterocycles. The van der Waals surface area contributed by atoms with Crippen LogP contribution in [0.2, 0.25) is 0 Å². The largest absolute Gasteiger partial charge is 0.493 e. The summed E-state index contributed by atoms with van der Waals surface area (Å²) >= 11 is 0. The molecule has 1 N–H and O–H groups in total. The minimum absolute atomic E-state index is 0.355. The first-order chi connectivity index (χ1) is 9.74. The molecule has 1 aliphatic carbocycles. The normalized spacial score (nSPS) is 21.7. The summed E-state index contributed by atoms with van der Waals surface area (Å²) in [5.41, 5.74) is 1.31. The average Bonchev–Trinajstić information content (AvgIpc) is 3.07. The molecule has 1 heterocycles. The lowest BCUT2D eigenvalue weighted by atomic mass is 10.1. The molecule has 1 aromatic carbocycles. The molecule has 108 valence electrons. The molecule has 5 nitrogen and oxygen atoms in total. The van der Waals surface area contributed by atoms with Crippen molar-refractivity contribution in [2.24, 2.45) is 0 Å². The van der Waals surface area contributed by atoms with Crippen LogP contribution in [0.4, 0.5) is 0 Å². The zero-order valence-corrected chi connectivity index (χ0v) is 11.8. The van der Waals surface area contributed by atoms with Gasteiger partial charge in [-0.05, 0) is 25.0 Å². The highest BCUT2D eigenvalue weighted by atomic mass is 16.6. The van der Waals surface area contributed by atoms with E-state index < -0.39 is 0 Å². The fourth-order valence-electron chi connectivity index (χ4n) is 3.03. The van der Waals surface area contributed by atoms with Crippen molar-refractivity contribution >= 4 is 5.97 Å². The second-order valence-electron chi connectivity index (χ2n) is 5.20. The van der Waals surface area contributed by atoms with Crippen LogP contribution in [0.15, 0.2) is 12.1 Å². The minimum atomic E-state index is -0.375. The van der Waals surface area contributed by atoms with Gasteiger partial charge in [-0.3, -0.25) is 5.32 Å². The number of cyclic esters (lactones) is 1. The van der Waals surface area contributed by atoms with E-state index in [9.17, 15) is 4.79 Å². The van der Waals surface area contributed by atoms with Gasteiger partial charge in [-0.2, -0.15) is 0 Å². The first kappa shape index (κ1) is 13.2. The van der Waals surface area contributed by atoms with E-state index >= 15 is 0 Å². The Balaban J connectivity index is 1.92. The molecule has 1 atom stereocenters. The van der Waals surface area contributed by atoms with Gasteiger partial charge in [0.15, 0.2) is 17.7 Å². The maximum atomic E-state index is 12.1. The van der Waals surface area contributed by atoms with E-state index in [1.807, 2.05) is 12.1 Å². The van der Waals surface area contributed by atoms with Crippen molar-refractivity contribution in [1.29, 1.82) is 0 Å². The van der Waals surface area contributed by atoms with Crippen LogP contribution in [-0.4, -0.2) is 26.2 Å². The highest BCUT2D eigenvalue weighted by Gasteiger charge is 2.37. The number of hydrogen-bond donors (Lipinski definition) is 1. The van der Waals surface area contributed by atoms with Gasteiger partial charge in [-0.25, -0.2) is 4.79 Å². The highest BCUT2D eigenvalue weighted by Crippen LogP contribution is 2.41. The summed E-state index contributed by atoms with van der Waals surface area (Å²) < 4.78 is 16.0. The van der Waals surface area contributed by atoms with Crippen LogP contribution in [-0.2, 0) is 4.74 Å². The Bertz CT molecular complexity index is 523. The van der Waals surface area contributed by atoms with E-state index in [0.717, 1.165) is 18.4 Å². The van der Waals surface area contributed by atoms with E-state index in [1.165, 1.54) is 20.0 Å². The fraction of sp³-hybridized carbons (Fsp3) is 0.533. The molecule has 0 bridgehead atoms. The standard InChI is InChI=1S/C15H19NO4/c1-18-11-8-7-10-12(13(11)19-2)15(17)20-14(10)16-9-5-3-4-6-9/h7-9,14,16H,3-6H2,1-2H3. The summed E-state index contributed by atoms with van der Waals surface area (Å²) in [4.78, 5) is 12.1. The number of methoxy groups -OCH3 is 2. The van der Waals surface area contributed by atoms with E-state index in [1.54, 1.807) is 7.11 Å². The molecule has 1 aromatic rings. The number of rotatable bonds is 4. The monoisotopic (exact) mass is 277 g/mol. The third kappa shape index (κ3) is 2.12. The summed E-state index contributed by atoms with van der Waals surface area (Å²) in [6.07, 6.45) is 4.36. The first-order valence-corrected chi connectivity index (χ1v) is 6.96. The summed E-state index contributed by atoms with van der Waals surface area (Å²) in [7, 11) is 3.09. The average molecular weight is 277 g/mol. The Morgan fingerprint density at radius 3 is 2.60 bits per heavy atom. The van der Waals surface area contributed by atoms with Crippen LogP contribution in [0.1, 0.15) is 47.8 Å². The smallest absolute Gasteiger partial charge is 0.344 e. The van der Waals surface area contributed by atoms with Gasteiger partial charge < -0.3 is 14.2 Å². The first-order valence-electron chi connectivity index (χ1n) is 6.96. The van der Waals surface area contributed by atoms with Gasteiger partial charge in [-0.15, -0.1) is 0 Å². The predicted octanol–water partition coefficient (Wildman–Crippen LogP) is 2.41. The second kappa shape index (κ2) is 5.32. The number of hydrogen-bond acceptors (Lipinski definition) is 5. The maximum absolute atomic E-state index is 12.1. The highest BCUT2D eigenvalue weighted by molar-refractivity contribution is 5.98. The number of esters is 1.